The molecule has 0 saturated heterocycles. The van der Waals surface area contributed by atoms with Crippen molar-refractivity contribution in [2.24, 2.45) is 5.92 Å². The molecule has 1 aromatic carbocycles. The summed E-state index contributed by atoms with van der Waals surface area (Å²) in [6.07, 6.45) is 0.589. The van der Waals surface area contributed by atoms with E-state index in [1.807, 2.05) is 0 Å². The molecule has 1 rings (SSSR count). The molecule has 2 N–H and O–H groups in total. The molecule has 0 radical (unpaired) electrons. The molecule has 0 aliphatic heterocycles. The van der Waals surface area contributed by atoms with Gasteiger partial charge in [-0.05, 0) is 30.7 Å². The molecule has 0 spiro atoms. The van der Waals surface area contributed by atoms with Crippen LogP contribution in [0, 0.1) is 11.7 Å². The summed E-state index contributed by atoms with van der Waals surface area (Å²) in [4.78, 5) is 23.8. The first-order chi connectivity index (χ1) is 10.4. The van der Waals surface area contributed by atoms with Crippen molar-refractivity contribution in [1.82, 2.24) is 10.2 Å². The van der Waals surface area contributed by atoms with Gasteiger partial charge in [0.1, 0.15) is 11.6 Å². The average Bonchev–Trinajstić information content (AvgIpc) is 2.48. The van der Waals surface area contributed by atoms with Crippen LogP contribution in [0.1, 0.15) is 13.3 Å². The minimum Gasteiger partial charge on any atom is -0.494 e. The topological polar surface area (TPSA) is 78.9 Å². The second kappa shape index (κ2) is 8.86. The summed E-state index contributed by atoms with van der Waals surface area (Å²) in [6, 6.07) is 5.38. The number of carboxylic acids is 1. The van der Waals surface area contributed by atoms with Gasteiger partial charge in [-0.2, -0.15) is 0 Å². The number of nitrogens with zero attached hydrogens (tertiary/aromatic N) is 1. The second-order valence-corrected chi connectivity index (χ2v) is 5.01. The van der Waals surface area contributed by atoms with Crippen LogP contribution in [0.5, 0.6) is 5.75 Å². The fraction of sp³-hybridized carbons (Fsp3) is 0.467. The first-order valence-electron chi connectivity index (χ1n) is 7.00. The van der Waals surface area contributed by atoms with Gasteiger partial charge in [-0.1, -0.05) is 6.92 Å². The summed E-state index contributed by atoms with van der Waals surface area (Å²) in [7, 11) is 1.55. The van der Waals surface area contributed by atoms with Crippen LogP contribution in [-0.2, 0) is 4.79 Å². The first kappa shape index (κ1) is 17.7. The van der Waals surface area contributed by atoms with Crippen molar-refractivity contribution in [2.45, 2.75) is 13.3 Å². The Morgan fingerprint density at radius 3 is 2.59 bits per heavy atom. The van der Waals surface area contributed by atoms with Crippen LogP contribution in [0.3, 0.4) is 0 Å². The van der Waals surface area contributed by atoms with Crippen molar-refractivity contribution in [3.63, 3.8) is 0 Å². The highest BCUT2D eigenvalue weighted by atomic mass is 19.1. The molecule has 1 aromatic rings. The van der Waals surface area contributed by atoms with E-state index in [1.54, 1.807) is 14.0 Å². The number of hydrogen-bond donors (Lipinski definition) is 2. The summed E-state index contributed by atoms with van der Waals surface area (Å²) in [5, 5.41) is 11.5. The number of halogens is 1. The van der Waals surface area contributed by atoms with E-state index in [0.717, 1.165) is 0 Å². The van der Waals surface area contributed by atoms with Crippen LogP contribution in [-0.4, -0.2) is 48.8 Å². The van der Waals surface area contributed by atoms with Crippen molar-refractivity contribution in [3.05, 3.63) is 30.1 Å². The zero-order valence-corrected chi connectivity index (χ0v) is 12.7. The highest BCUT2D eigenvalue weighted by molar-refractivity contribution is 5.75. The SMILES string of the molecule is CC(CN(C)C(=O)NCCCOc1ccc(F)cc1)C(=O)O. The van der Waals surface area contributed by atoms with Crippen molar-refractivity contribution in [1.29, 1.82) is 0 Å². The highest BCUT2D eigenvalue weighted by Crippen LogP contribution is 2.10. The van der Waals surface area contributed by atoms with Crippen molar-refractivity contribution in [3.8, 4) is 5.75 Å². The summed E-state index contributed by atoms with van der Waals surface area (Å²) >= 11 is 0. The maximum atomic E-state index is 12.7. The van der Waals surface area contributed by atoms with E-state index in [4.69, 9.17) is 9.84 Å². The zero-order valence-electron chi connectivity index (χ0n) is 12.7. The summed E-state index contributed by atoms with van der Waals surface area (Å²) in [6.45, 7) is 2.49. The lowest BCUT2D eigenvalue weighted by Crippen LogP contribution is -2.41. The Kier molecular flexibility index (Phi) is 7.15. The Morgan fingerprint density at radius 2 is 2.00 bits per heavy atom. The predicted molar refractivity (Wildman–Crippen MR) is 79.3 cm³/mol. The molecule has 0 fully saturated rings. The molecule has 1 atom stereocenters. The number of benzene rings is 1. The van der Waals surface area contributed by atoms with E-state index in [2.05, 4.69) is 5.32 Å². The number of nitrogens with one attached hydrogen (secondary N) is 1. The van der Waals surface area contributed by atoms with Crippen LogP contribution >= 0.6 is 0 Å². The number of carboxylic acid groups (broad SMARTS) is 1. The molecule has 1 unspecified atom stereocenters. The van der Waals surface area contributed by atoms with Crippen LogP contribution in [0.15, 0.2) is 24.3 Å². The lowest BCUT2D eigenvalue weighted by atomic mass is 10.2. The summed E-state index contributed by atoms with van der Waals surface area (Å²) in [5.41, 5.74) is 0. The normalized spacial score (nSPS) is 11.6. The number of urea groups is 1. The van der Waals surface area contributed by atoms with Crippen molar-refractivity contribution >= 4 is 12.0 Å². The third-order valence-electron chi connectivity index (χ3n) is 3.00. The fourth-order valence-electron chi connectivity index (χ4n) is 1.70. The predicted octanol–water partition coefficient (Wildman–Crippen LogP) is 1.96. The first-order valence-corrected chi connectivity index (χ1v) is 7.00. The second-order valence-electron chi connectivity index (χ2n) is 5.01. The van der Waals surface area contributed by atoms with Crippen molar-refractivity contribution in [2.75, 3.05) is 26.7 Å². The zero-order chi connectivity index (χ0) is 16.5. The molecule has 0 bridgehead atoms. The monoisotopic (exact) mass is 312 g/mol. The molecule has 0 heterocycles. The van der Waals surface area contributed by atoms with Gasteiger partial charge >= 0.3 is 12.0 Å². The molecular formula is C15H21FN2O4. The van der Waals surface area contributed by atoms with Crippen LogP contribution in [0.25, 0.3) is 0 Å². The Bertz CT molecular complexity index is 493. The van der Waals surface area contributed by atoms with Gasteiger partial charge < -0.3 is 20.1 Å². The van der Waals surface area contributed by atoms with Gasteiger partial charge in [0.05, 0.1) is 12.5 Å². The van der Waals surface area contributed by atoms with Gasteiger partial charge in [-0.3, -0.25) is 4.79 Å². The Balaban J connectivity index is 2.17. The minimum atomic E-state index is -0.938. The quantitative estimate of drug-likeness (QED) is 0.719. The fourth-order valence-corrected chi connectivity index (χ4v) is 1.70. The number of carbonyl (C=O) groups excluding carboxylic acids is 1. The molecule has 0 aliphatic rings. The van der Waals surface area contributed by atoms with E-state index in [0.29, 0.717) is 25.3 Å². The average molecular weight is 312 g/mol. The van der Waals surface area contributed by atoms with Crippen LogP contribution in [0.2, 0.25) is 0 Å². The molecular weight excluding hydrogens is 291 g/mol. The molecule has 7 heteroatoms. The van der Waals surface area contributed by atoms with Gasteiger partial charge in [0.15, 0.2) is 0 Å². The van der Waals surface area contributed by atoms with E-state index < -0.39 is 11.9 Å². The highest BCUT2D eigenvalue weighted by Gasteiger charge is 2.16. The molecule has 2 amide bonds. The maximum absolute atomic E-state index is 12.7. The van der Waals surface area contributed by atoms with Crippen LogP contribution < -0.4 is 10.1 Å². The lowest BCUT2D eigenvalue weighted by molar-refractivity contribution is -0.141. The molecule has 6 nitrogen and oxygen atoms in total. The maximum Gasteiger partial charge on any atom is 0.317 e. The van der Waals surface area contributed by atoms with Gasteiger partial charge in [0, 0.05) is 20.1 Å². The number of carbonyl (C=O) groups is 2. The number of amides is 2. The van der Waals surface area contributed by atoms with E-state index in [9.17, 15) is 14.0 Å². The number of aliphatic carboxylic acids is 1. The third kappa shape index (κ3) is 6.43. The smallest absolute Gasteiger partial charge is 0.317 e. The van der Waals surface area contributed by atoms with E-state index >= 15 is 0 Å². The van der Waals surface area contributed by atoms with E-state index in [1.165, 1.54) is 29.2 Å². The third-order valence-corrected chi connectivity index (χ3v) is 3.00. The van der Waals surface area contributed by atoms with Gasteiger partial charge in [-0.25, -0.2) is 9.18 Å². The summed E-state index contributed by atoms with van der Waals surface area (Å²) < 4.78 is 18.1. The van der Waals surface area contributed by atoms with Crippen molar-refractivity contribution < 1.29 is 23.8 Å². The van der Waals surface area contributed by atoms with Gasteiger partial charge in [0.25, 0.3) is 0 Å². The summed E-state index contributed by atoms with van der Waals surface area (Å²) in [5.74, 6) is -1.30. The molecule has 22 heavy (non-hydrogen) atoms. The standard InChI is InChI=1S/C15H21FN2O4/c1-11(14(19)20)10-18(2)15(21)17-8-3-9-22-13-6-4-12(16)5-7-13/h4-7,11H,3,8-10H2,1-2H3,(H,17,21)(H,19,20). The van der Waals surface area contributed by atoms with Crippen LogP contribution in [0.4, 0.5) is 9.18 Å². The Hall–Kier alpha value is -2.31. The van der Waals surface area contributed by atoms with E-state index in [-0.39, 0.29) is 18.4 Å². The van der Waals surface area contributed by atoms with Gasteiger partial charge in [0.2, 0.25) is 0 Å². The largest absolute Gasteiger partial charge is 0.494 e. The molecule has 122 valence electrons. The molecule has 0 aliphatic carbocycles. The lowest BCUT2D eigenvalue weighted by Gasteiger charge is -2.20. The number of hydrogen-bond acceptors (Lipinski definition) is 3. The molecule has 0 saturated carbocycles. The Labute approximate surface area is 128 Å². The molecule has 0 aromatic heterocycles. The number of ether oxygens (including phenoxy) is 1. The number of rotatable bonds is 8. The Morgan fingerprint density at radius 1 is 1.36 bits per heavy atom. The van der Waals surface area contributed by atoms with Gasteiger partial charge in [-0.15, -0.1) is 0 Å². The minimum absolute atomic E-state index is 0.146.